The molecule has 0 aliphatic heterocycles. The third-order valence-electron chi connectivity index (χ3n) is 1.81. The lowest BCUT2D eigenvalue weighted by atomic mass is 10.4. The molecule has 0 heterocycles. The van der Waals surface area contributed by atoms with Crippen molar-refractivity contribution in [3.8, 4) is 0 Å². The second-order valence-corrected chi connectivity index (χ2v) is 2.90. The summed E-state index contributed by atoms with van der Waals surface area (Å²) in [6, 6.07) is 0. The number of hydrogen-bond donors (Lipinski definition) is 1. The Kier molecular flexibility index (Phi) is 13.3. The molecule has 1 amide bonds. The van der Waals surface area contributed by atoms with Gasteiger partial charge in [0, 0.05) is 27.3 Å². The summed E-state index contributed by atoms with van der Waals surface area (Å²) in [6.45, 7) is 2.69. The predicted molar refractivity (Wildman–Crippen MR) is 61.5 cm³/mol. The van der Waals surface area contributed by atoms with Crippen molar-refractivity contribution in [2.45, 2.75) is 0 Å². The number of carbonyl (C=O) groups excluding carboxylic acids is 1. The number of carbonyl (C=O) groups is 1. The van der Waals surface area contributed by atoms with Gasteiger partial charge in [0.2, 0.25) is 5.91 Å². The molecule has 1 N–H and O–H groups in total. The van der Waals surface area contributed by atoms with E-state index in [0.717, 1.165) is 0 Å². The summed E-state index contributed by atoms with van der Waals surface area (Å²) in [6.07, 6.45) is 0. The standard InChI is InChI=1S/C9H20N2O3.ClH/c1-10-8-9(12)11(4-6-13-2)5-7-14-3;/h10H,4-8H2,1-3H3;1H. The number of hydrogen-bond acceptors (Lipinski definition) is 4. The van der Waals surface area contributed by atoms with Gasteiger partial charge in [-0.05, 0) is 7.05 Å². The van der Waals surface area contributed by atoms with Crippen molar-refractivity contribution in [2.75, 3.05) is 54.1 Å². The van der Waals surface area contributed by atoms with Crippen molar-refractivity contribution in [3.63, 3.8) is 0 Å². The lowest BCUT2D eigenvalue weighted by Gasteiger charge is -2.21. The van der Waals surface area contributed by atoms with Crippen LogP contribution in [0.1, 0.15) is 0 Å². The molecule has 92 valence electrons. The minimum absolute atomic E-state index is 0. The van der Waals surface area contributed by atoms with Gasteiger partial charge in [0.15, 0.2) is 0 Å². The zero-order valence-electron chi connectivity index (χ0n) is 9.62. The van der Waals surface area contributed by atoms with Crippen molar-refractivity contribution in [1.82, 2.24) is 10.2 Å². The summed E-state index contributed by atoms with van der Waals surface area (Å²) in [5.41, 5.74) is 0. The molecule has 0 saturated heterocycles. The molecule has 0 unspecified atom stereocenters. The topological polar surface area (TPSA) is 50.8 Å². The minimum atomic E-state index is 0. The molecule has 15 heavy (non-hydrogen) atoms. The monoisotopic (exact) mass is 240 g/mol. The number of nitrogens with zero attached hydrogens (tertiary/aromatic N) is 1. The minimum Gasteiger partial charge on any atom is -0.383 e. The van der Waals surface area contributed by atoms with Crippen LogP contribution in [0.5, 0.6) is 0 Å². The van der Waals surface area contributed by atoms with Crippen LogP contribution in [-0.4, -0.2) is 64.9 Å². The molecule has 0 spiro atoms. The third kappa shape index (κ3) is 8.62. The van der Waals surface area contributed by atoms with Gasteiger partial charge in [0.1, 0.15) is 0 Å². The summed E-state index contributed by atoms with van der Waals surface area (Å²) >= 11 is 0. The predicted octanol–water partition coefficient (Wildman–Crippen LogP) is -0.251. The lowest BCUT2D eigenvalue weighted by Crippen LogP contribution is -2.40. The van der Waals surface area contributed by atoms with Gasteiger partial charge in [-0.2, -0.15) is 0 Å². The maximum absolute atomic E-state index is 11.5. The molecule has 0 aromatic rings. The third-order valence-corrected chi connectivity index (χ3v) is 1.81. The lowest BCUT2D eigenvalue weighted by molar-refractivity contribution is -0.131. The SMILES string of the molecule is CNCC(=O)N(CCOC)CCOC.Cl. The maximum Gasteiger partial charge on any atom is 0.236 e. The van der Waals surface area contributed by atoms with Crippen molar-refractivity contribution < 1.29 is 14.3 Å². The largest absolute Gasteiger partial charge is 0.383 e. The van der Waals surface area contributed by atoms with Crippen LogP contribution in [-0.2, 0) is 14.3 Å². The van der Waals surface area contributed by atoms with Gasteiger partial charge in [-0.25, -0.2) is 0 Å². The Morgan fingerprint density at radius 3 is 2.00 bits per heavy atom. The molecule has 0 bridgehead atoms. The molecule has 0 aromatic carbocycles. The first-order valence-electron chi connectivity index (χ1n) is 4.66. The summed E-state index contributed by atoms with van der Waals surface area (Å²) in [5, 5.41) is 2.83. The normalized spacial score (nSPS) is 9.53. The first-order chi connectivity index (χ1) is 6.76. The molecule has 0 radical (unpaired) electrons. The molecule has 0 aliphatic carbocycles. The van der Waals surface area contributed by atoms with Crippen molar-refractivity contribution in [3.05, 3.63) is 0 Å². The molecule has 0 rings (SSSR count). The van der Waals surface area contributed by atoms with Gasteiger partial charge in [0.25, 0.3) is 0 Å². The van der Waals surface area contributed by atoms with E-state index in [9.17, 15) is 4.79 Å². The van der Waals surface area contributed by atoms with Crippen LogP contribution < -0.4 is 5.32 Å². The quantitative estimate of drug-likeness (QED) is 0.636. The number of rotatable bonds is 8. The molecule has 0 saturated carbocycles. The van der Waals surface area contributed by atoms with Crippen molar-refractivity contribution in [2.24, 2.45) is 0 Å². The Labute approximate surface area is 97.5 Å². The Morgan fingerprint density at radius 2 is 1.67 bits per heavy atom. The van der Waals surface area contributed by atoms with Gasteiger partial charge in [-0.3, -0.25) is 4.79 Å². The Balaban J connectivity index is 0. The number of nitrogens with one attached hydrogen (secondary N) is 1. The Bertz CT molecular complexity index is 150. The number of halogens is 1. The number of ether oxygens (including phenoxy) is 2. The van der Waals surface area contributed by atoms with Crippen LogP contribution in [0, 0.1) is 0 Å². The fourth-order valence-corrected chi connectivity index (χ4v) is 1.03. The van der Waals surface area contributed by atoms with Crippen LogP contribution in [0.15, 0.2) is 0 Å². The van der Waals surface area contributed by atoms with E-state index in [0.29, 0.717) is 32.8 Å². The van der Waals surface area contributed by atoms with E-state index in [4.69, 9.17) is 9.47 Å². The summed E-state index contributed by atoms with van der Waals surface area (Å²) in [4.78, 5) is 13.2. The maximum atomic E-state index is 11.5. The van der Waals surface area contributed by atoms with Crippen LogP contribution >= 0.6 is 12.4 Å². The van der Waals surface area contributed by atoms with E-state index < -0.39 is 0 Å². The molecule has 5 nitrogen and oxygen atoms in total. The molecule has 0 fully saturated rings. The average Bonchev–Trinajstić information content (AvgIpc) is 2.18. The van der Waals surface area contributed by atoms with Gasteiger partial charge in [-0.1, -0.05) is 0 Å². The zero-order valence-corrected chi connectivity index (χ0v) is 10.4. The molecule has 6 heteroatoms. The molecular weight excluding hydrogens is 220 g/mol. The number of methoxy groups -OCH3 is 2. The fraction of sp³-hybridized carbons (Fsp3) is 0.889. The number of likely N-dealkylation sites (N-methyl/N-ethyl adjacent to an activating group) is 1. The van der Waals surface area contributed by atoms with Crippen molar-refractivity contribution in [1.29, 1.82) is 0 Å². The highest BCUT2D eigenvalue weighted by Gasteiger charge is 2.11. The highest BCUT2D eigenvalue weighted by molar-refractivity contribution is 5.85. The highest BCUT2D eigenvalue weighted by Crippen LogP contribution is 1.90. The first kappa shape index (κ1) is 17.0. The second-order valence-electron chi connectivity index (χ2n) is 2.90. The Morgan fingerprint density at radius 1 is 1.20 bits per heavy atom. The molecule has 0 aromatic heterocycles. The van der Waals surface area contributed by atoms with E-state index >= 15 is 0 Å². The zero-order chi connectivity index (χ0) is 10.8. The molecular formula is C9H21ClN2O3. The van der Waals surface area contributed by atoms with E-state index in [2.05, 4.69) is 5.32 Å². The van der Waals surface area contributed by atoms with Crippen LogP contribution in [0.3, 0.4) is 0 Å². The Hall–Kier alpha value is -0.360. The fourth-order valence-electron chi connectivity index (χ4n) is 1.03. The van der Waals surface area contributed by atoms with Crippen LogP contribution in [0.4, 0.5) is 0 Å². The summed E-state index contributed by atoms with van der Waals surface area (Å²) < 4.78 is 9.85. The van der Waals surface area contributed by atoms with Gasteiger partial charge >= 0.3 is 0 Å². The van der Waals surface area contributed by atoms with E-state index in [-0.39, 0.29) is 18.3 Å². The van der Waals surface area contributed by atoms with Crippen molar-refractivity contribution >= 4 is 18.3 Å². The van der Waals surface area contributed by atoms with E-state index in [1.54, 1.807) is 26.2 Å². The second kappa shape index (κ2) is 11.7. The van der Waals surface area contributed by atoms with E-state index in [1.807, 2.05) is 0 Å². The molecule has 0 atom stereocenters. The summed E-state index contributed by atoms with van der Waals surface area (Å²) in [7, 11) is 5.00. The highest BCUT2D eigenvalue weighted by atomic mass is 35.5. The van der Waals surface area contributed by atoms with Gasteiger partial charge < -0.3 is 19.7 Å². The summed E-state index contributed by atoms with van der Waals surface area (Å²) in [5.74, 6) is 0.0709. The first-order valence-corrected chi connectivity index (χ1v) is 4.66. The molecule has 0 aliphatic rings. The van der Waals surface area contributed by atoms with E-state index in [1.165, 1.54) is 0 Å². The van der Waals surface area contributed by atoms with Gasteiger partial charge in [0.05, 0.1) is 19.8 Å². The smallest absolute Gasteiger partial charge is 0.236 e. The van der Waals surface area contributed by atoms with Crippen LogP contribution in [0.25, 0.3) is 0 Å². The van der Waals surface area contributed by atoms with Gasteiger partial charge in [-0.15, -0.1) is 12.4 Å². The van der Waals surface area contributed by atoms with Crippen LogP contribution in [0.2, 0.25) is 0 Å². The average molecular weight is 241 g/mol. The number of amides is 1.